The van der Waals surface area contributed by atoms with Gasteiger partial charge in [0.05, 0.1) is 4.92 Å². The third-order valence-corrected chi connectivity index (χ3v) is 4.10. The van der Waals surface area contributed by atoms with E-state index in [4.69, 9.17) is 0 Å². The van der Waals surface area contributed by atoms with E-state index in [2.05, 4.69) is 47.0 Å². The van der Waals surface area contributed by atoms with Crippen LogP contribution >= 0.6 is 12.4 Å². The minimum absolute atomic E-state index is 0. The van der Waals surface area contributed by atoms with Gasteiger partial charge in [-0.05, 0) is 28.8 Å². The first-order chi connectivity index (χ1) is 12.7. The molecular weight excluding hydrogens is 362 g/mol. The predicted molar refractivity (Wildman–Crippen MR) is 112 cm³/mol. The second-order valence-electron chi connectivity index (χ2n) is 5.97. The summed E-state index contributed by atoms with van der Waals surface area (Å²) in [7, 11) is 0. The number of benzene rings is 3. The van der Waals surface area contributed by atoms with Gasteiger partial charge < -0.3 is 10.6 Å². The van der Waals surface area contributed by atoms with E-state index in [0.29, 0.717) is 0 Å². The van der Waals surface area contributed by atoms with Gasteiger partial charge in [0.25, 0.3) is 5.69 Å². The van der Waals surface area contributed by atoms with Crippen LogP contribution in [0.2, 0.25) is 0 Å². The van der Waals surface area contributed by atoms with Gasteiger partial charge in [-0.15, -0.1) is 12.4 Å². The Hall–Kier alpha value is -2.89. The molecule has 0 aromatic heterocycles. The fourth-order valence-corrected chi connectivity index (χ4v) is 2.67. The lowest BCUT2D eigenvalue weighted by molar-refractivity contribution is -0.384. The number of rotatable bonds is 8. The van der Waals surface area contributed by atoms with Crippen LogP contribution in [-0.2, 0) is 6.54 Å². The van der Waals surface area contributed by atoms with E-state index in [-0.39, 0.29) is 18.1 Å². The zero-order valence-corrected chi connectivity index (χ0v) is 15.6. The van der Waals surface area contributed by atoms with Gasteiger partial charge in [-0.25, -0.2) is 0 Å². The molecule has 5 nitrogen and oxygen atoms in total. The average molecular weight is 384 g/mol. The highest BCUT2D eigenvalue weighted by atomic mass is 35.5. The summed E-state index contributed by atoms with van der Waals surface area (Å²) < 4.78 is 0. The summed E-state index contributed by atoms with van der Waals surface area (Å²) in [6.07, 6.45) is 0. The molecule has 3 rings (SSSR count). The van der Waals surface area contributed by atoms with Gasteiger partial charge >= 0.3 is 0 Å². The van der Waals surface area contributed by atoms with Gasteiger partial charge in [-0.1, -0.05) is 54.6 Å². The highest BCUT2D eigenvalue weighted by Crippen LogP contribution is 2.19. The maximum Gasteiger partial charge on any atom is 0.269 e. The summed E-state index contributed by atoms with van der Waals surface area (Å²) >= 11 is 0. The molecule has 0 aliphatic rings. The summed E-state index contributed by atoms with van der Waals surface area (Å²) in [5.41, 5.74) is 4.66. The maximum absolute atomic E-state index is 10.6. The minimum Gasteiger partial charge on any atom is -0.384 e. The van der Waals surface area contributed by atoms with E-state index >= 15 is 0 Å². The number of hydrogen-bond donors (Lipinski definition) is 2. The average Bonchev–Trinajstić information content (AvgIpc) is 2.69. The molecule has 0 saturated heterocycles. The van der Waals surface area contributed by atoms with Crippen molar-refractivity contribution in [2.45, 2.75) is 6.54 Å². The normalized spacial score (nSPS) is 10.1. The molecule has 3 aromatic carbocycles. The molecule has 3 aromatic rings. The van der Waals surface area contributed by atoms with Crippen molar-refractivity contribution in [1.82, 2.24) is 5.32 Å². The largest absolute Gasteiger partial charge is 0.384 e. The van der Waals surface area contributed by atoms with Gasteiger partial charge in [0.1, 0.15) is 0 Å². The SMILES string of the molecule is Cl.O=[N+]([O-])c1ccc(NCCNCc2ccc(-c3ccccc3)cc2)cc1. The van der Waals surface area contributed by atoms with Crippen molar-refractivity contribution in [2.75, 3.05) is 18.4 Å². The lowest BCUT2D eigenvalue weighted by Crippen LogP contribution is -2.21. The van der Waals surface area contributed by atoms with E-state index in [0.717, 1.165) is 25.3 Å². The van der Waals surface area contributed by atoms with Crippen molar-refractivity contribution in [2.24, 2.45) is 0 Å². The quantitative estimate of drug-likeness (QED) is 0.330. The van der Waals surface area contributed by atoms with Crippen LogP contribution in [0.25, 0.3) is 11.1 Å². The molecule has 0 fully saturated rings. The van der Waals surface area contributed by atoms with Gasteiger partial charge in [0, 0.05) is 37.5 Å². The maximum atomic E-state index is 10.6. The molecule has 140 valence electrons. The Morgan fingerprint density at radius 3 is 2.04 bits per heavy atom. The van der Waals surface area contributed by atoms with Crippen LogP contribution in [-0.4, -0.2) is 18.0 Å². The molecule has 2 N–H and O–H groups in total. The van der Waals surface area contributed by atoms with E-state index in [1.807, 2.05) is 18.2 Å². The van der Waals surface area contributed by atoms with Crippen LogP contribution in [0.3, 0.4) is 0 Å². The summed E-state index contributed by atoms with van der Waals surface area (Å²) in [5, 5.41) is 17.3. The van der Waals surface area contributed by atoms with E-state index in [1.165, 1.54) is 28.8 Å². The molecule has 0 radical (unpaired) electrons. The smallest absolute Gasteiger partial charge is 0.269 e. The van der Waals surface area contributed by atoms with Gasteiger partial charge in [0.15, 0.2) is 0 Å². The van der Waals surface area contributed by atoms with E-state index in [9.17, 15) is 10.1 Å². The zero-order valence-electron chi connectivity index (χ0n) is 14.8. The Kier molecular flexibility index (Phi) is 7.79. The van der Waals surface area contributed by atoms with Crippen LogP contribution in [0.15, 0.2) is 78.9 Å². The highest BCUT2D eigenvalue weighted by molar-refractivity contribution is 5.85. The fraction of sp³-hybridized carbons (Fsp3) is 0.143. The highest BCUT2D eigenvalue weighted by Gasteiger charge is 2.03. The lowest BCUT2D eigenvalue weighted by Gasteiger charge is -2.08. The van der Waals surface area contributed by atoms with E-state index in [1.54, 1.807) is 12.1 Å². The number of nitrogens with one attached hydrogen (secondary N) is 2. The number of halogens is 1. The molecule has 0 heterocycles. The second-order valence-corrected chi connectivity index (χ2v) is 5.97. The zero-order chi connectivity index (χ0) is 18.2. The molecule has 0 bridgehead atoms. The van der Waals surface area contributed by atoms with Gasteiger partial charge in [-0.2, -0.15) is 0 Å². The molecule has 0 aliphatic carbocycles. The van der Waals surface area contributed by atoms with Crippen molar-refractivity contribution in [3.05, 3.63) is 94.5 Å². The van der Waals surface area contributed by atoms with Crippen molar-refractivity contribution >= 4 is 23.8 Å². The molecule has 0 saturated carbocycles. The number of non-ortho nitro benzene ring substituents is 1. The number of anilines is 1. The molecule has 0 aliphatic heterocycles. The van der Waals surface area contributed by atoms with Crippen LogP contribution in [0.4, 0.5) is 11.4 Å². The first-order valence-corrected chi connectivity index (χ1v) is 8.56. The summed E-state index contributed by atoms with van der Waals surface area (Å²) in [6, 6.07) is 25.3. The van der Waals surface area contributed by atoms with Crippen LogP contribution in [0, 0.1) is 10.1 Å². The Balaban J connectivity index is 0.00000261. The summed E-state index contributed by atoms with van der Waals surface area (Å²) in [6.45, 7) is 2.36. The molecule has 6 heteroatoms. The van der Waals surface area contributed by atoms with Crippen LogP contribution in [0.1, 0.15) is 5.56 Å². The topological polar surface area (TPSA) is 67.2 Å². The Morgan fingerprint density at radius 2 is 1.41 bits per heavy atom. The molecule has 0 unspecified atom stereocenters. The Bertz CT molecular complexity index is 838. The Morgan fingerprint density at radius 1 is 0.778 bits per heavy atom. The van der Waals surface area contributed by atoms with Crippen molar-refractivity contribution in [3.8, 4) is 11.1 Å². The van der Waals surface area contributed by atoms with Crippen molar-refractivity contribution in [3.63, 3.8) is 0 Å². The third-order valence-electron chi connectivity index (χ3n) is 4.10. The number of nitro benzene ring substituents is 1. The summed E-state index contributed by atoms with van der Waals surface area (Å²) in [4.78, 5) is 10.2. The van der Waals surface area contributed by atoms with Crippen molar-refractivity contribution < 1.29 is 4.92 Å². The van der Waals surface area contributed by atoms with E-state index < -0.39 is 4.92 Å². The van der Waals surface area contributed by atoms with Crippen LogP contribution in [0.5, 0.6) is 0 Å². The molecule has 27 heavy (non-hydrogen) atoms. The standard InChI is InChI=1S/C21H21N3O2.ClH/c25-24(26)21-12-10-20(11-13-21)23-15-14-22-16-17-6-8-19(9-7-17)18-4-2-1-3-5-18;/h1-13,22-23H,14-16H2;1H. The minimum atomic E-state index is -0.394. The molecule has 0 atom stereocenters. The molecular formula is C21H22ClN3O2. The van der Waals surface area contributed by atoms with Gasteiger partial charge in [0.2, 0.25) is 0 Å². The first-order valence-electron chi connectivity index (χ1n) is 8.56. The van der Waals surface area contributed by atoms with Crippen molar-refractivity contribution in [1.29, 1.82) is 0 Å². The number of nitrogens with zero attached hydrogens (tertiary/aromatic N) is 1. The van der Waals surface area contributed by atoms with Gasteiger partial charge in [-0.3, -0.25) is 10.1 Å². The van der Waals surface area contributed by atoms with Crippen LogP contribution < -0.4 is 10.6 Å². The summed E-state index contributed by atoms with van der Waals surface area (Å²) in [5.74, 6) is 0. The first kappa shape index (κ1) is 20.4. The fourth-order valence-electron chi connectivity index (χ4n) is 2.67. The number of hydrogen-bond acceptors (Lipinski definition) is 4. The Labute approximate surface area is 165 Å². The monoisotopic (exact) mass is 383 g/mol. The molecule has 0 amide bonds. The number of nitro groups is 1. The second kappa shape index (κ2) is 10.3. The predicted octanol–water partition coefficient (Wildman–Crippen LogP) is 4.89. The third kappa shape index (κ3) is 6.09. The lowest BCUT2D eigenvalue weighted by atomic mass is 10.0. The molecule has 0 spiro atoms.